The number of carbonyl (C=O) groups is 1. The molecule has 3 rings (SSSR count). The number of aliphatic hydroxyl groups is 1. The first kappa shape index (κ1) is 12.4. The van der Waals surface area contributed by atoms with E-state index >= 15 is 0 Å². The van der Waals surface area contributed by atoms with Gasteiger partial charge in [-0.05, 0) is 50.6 Å². The molecule has 1 heterocycles. The molecule has 0 aromatic rings. The zero-order valence-electron chi connectivity index (χ0n) is 11.0. The van der Waals surface area contributed by atoms with Crippen LogP contribution < -0.4 is 10.6 Å². The lowest BCUT2D eigenvalue weighted by Gasteiger charge is -2.29. The predicted molar refractivity (Wildman–Crippen MR) is 69.1 cm³/mol. The highest BCUT2D eigenvalue weighted by Crippen LogP contribution is 2.58. The van der Waals surface area contributed by atoms with E-state index in [4.69, 9.17) is 0 Å². The Labute approximate surface area is 109 Å². The van der Waals surface area contributed by atoms with E-state index in [0.717, 1.165) is 58.0 Å². The summed E-state index contributed by atoms with van der Waals surface area (Å²) < 4.78 is 0. The van der Waals surface area contributed by atoms with Gasteiger partial charge in [-0.2, -0.15) is 0 Å². The van der Waals surface area contributed by atoms with E-state index in [0.29, 0.717) is 5.41 Å². The highest BCUT2D eigenvalue weighted by molar-refractivity contribution is 5.83. The van der Waals surface area contributed by atoms with Gasteiger partial charge in [0.2, 0.25) is 5.91 Å². The monoisotopic (exact) mass is 252 g/mol. The molecule has 4 nitrogen and oxygen atoms in total. The third-order valence-corrected chi connectivity index (χ3v) is 5.36. The molecule has 0 aromatic carbocycles. The van der Waals surface area contributed by atoms with Crippen molar-refractivity contribution in [3.8, 4) is 0 Å². The Kier molecular flexibility index (Phi) is 3.10. The van der Waals surface area contributed by atoms with Crippen LogP contribution in [0.2, 0.25) is 0 Å². The Morgan fingerprint density at radius 1 is 1.22 bits per heavy atom. The average Bonchev–Trinajstić information content (AvgIpc) is 2.88. The van der Waals surface area contributed by atoms with E-state index in [-0.39, 0.29) is 24.0 Å². The van der Waals surface area contributed by atoms with Gasteiger partial charge in [0.25, 0.3) is 0 Å². The molecule has 102 valence electrons. The summed E-state index contributed by atoms with van der Waals surface area (Å²) in [5.41, 5.74) is -0.00162. The van der Waals surface area contributed by atoms with Gasteiger partial charge in [-0.3, -0.25) is 4.79 Å². The van der Waals surface area contributed by atoms with Crippen LogP contribution in [-0.4, -0.2) is 36.2 Å². The van der Waals surface area contributed by atoms with Crippen LogP contribution in [0.1, 0.15) is 44.9 Å². The smallest absolute Gasteiger partial charge is 0.224 e. The first-order chi connectivity index (χ1) is 8.70. The number of nitrogens with one attached hydrogen (secondary N) is 2. The standard InChI is InChI=1S/C14H24N2O2/c17-10-14(3-1-2-4-14)16-12(18)11-9-13(11)5-7-15-8-6-13/h11,15,17H,1-10H2,(H,16,18). The zero-order valence-corrected chi connectivity index (χ0v) is 11.0. The molecule has 1 spiro atoms. The van der Waals surface area contributed by atoms with Crippen molar-refractivity contribution in [1.29, 1.82) is 0 Å². The molecule has 3 fully saturated rings. The van der Waals surface area contributed by atoms with Crippen LogP contribution in [-0.2, 0) is 4.79 Å². The van der Waals surface area contributed by atoms with Gasteiger partial charge in [-0.25, -0.2) is 0 Å². The number of hydrogen-bond acceptors (Lipinski definition) is 3. The van der Waals surface area contributed by atoms with Gasteiger partial charge >= 0.3 is 0 Å². The summed E-state index contributed by atoms with van der Waals surface area (Å²) in [7, 11) is 0. The maximum atomic E-state index is 12.4. The van der Waals surface area contributed by atoms with Gasteiger partial charge < -0.3 is 15.7 Å². The average molecular weight is 252 g/mol. The molecular weight excluding hydrogens is 228 g/mol. The Bertz CT molecular complexity index is 331. The van der Waals surface area contributed by atoms with Crippen molar-refractivity contribution >= 4 is 5.91 Å². The molecule has 1 unspecified atom stereocenters. The van der Waals surface area contributed by atoms with Crippen LogP contribution in [0.4, 0.5) is 0 Å². The van der Waals surface area contributed by atoms with Crippen molar-refractivity contribution in [3.63, 3.8) is 0 Å². The topological polar surface area (TPSA) is 61.4 Å². The molecular formula is C14H24N2O2. The number of hydrogen-bond donors (Lipinski definition) is 3. The lowest BCUT2D eigenvalue weighted by atomic mass is 9.91. The minimum Gasteiger partial charge on any atom is -0.394 e. The van der Waals surface area contributed by atoms with Gasteiger partial charge in [0.15, 0.2) is 0 Å². The second kappa shape index (κ2) is 4.49. The molecule has 1 amide bonds. The SMILES string of the molecule is O=C(NC1(CO)CCCC1)C1CC12CCNCC2. The van der Waals surface area contributed by atoms with Crippen molar-refractivity contribution in [2.24, 2.45) is 11.3 Å². The van der Waals surface area contributed by atoms with E-state index in [2.05, 4.69) is 10.6 Å². The molecule has 18 heavy (non-hydrogen) atoms. The lowest BCUT2D eigenvalue weighted by Crippen LogP contribution is -2.50. The first-order valence-corrected chi connectivity index (χ1v) is 7.33. The molecule has 0 radical (unpaired) electrons. The molecule has 0 bridgehead atoms. The van der Waals surface area contributed by atoms with Crippen LogP contribution in [0.5, 0.6) is 0 Å². The van der Waals surface area contributed by atoms with Crippen LogP contribution in [0, 0.1) is 11.3 Å². The molecule has 3 aliphatic rings. The lowest BCUT2D eigenvalue weighted by molar-refractivity contribution is -0.125. The number of aliphatic hydroxyl groups excluding tert-OH is 1. The van der Waals surface area contributed by atoms with Crippen LogP contribution in [0.15, 0.2) is 0 Å². The summed E-state index contributed by atoms with van der Waals surface area (Å²) >= 11 is 0. The van der Waals surface area contributed by atoms with E-state index in [1.807, 2.05) is 0 Å². The third-order valence-electron chi connectivity index (χ3n) is 5.36. The maximum absolute atomic E-state index is 12.4. The fourth-order valence-corrected chi connectivity index (χ4v) is 3.92. The van der Waals surface area contributed by atoms with E-state index in [1.165, 1.54) is 0 Å². The number of rotatable bonds is 3. The Morgan fingerprint density at radius 2 is 1.89 bits per heavy atom. The van der Waals surface area contributed by atoms with E-state index in [9.17, 15) is 9.90 Å². The van der Waals surface area contributed by atoms with Crippen molar-refractivity contribution < 1.29 is 9.90 Å². The summed E-state index contributed by atoms with van der Waals surface area (Å²) in [5, 5.41) is 16.1. The molecule has 4 heteroatoms. The van der Waals surface area contributed by atoms with Gasteiger partial charge in [-0.15, -0.1) is 0 Å². The molecule has 1 aliphatic heterocycles. The second-order valence-corrected chi connectivity index (χ2v) is 6.50. The van der Waals surface area contributed by atoms with Gasteiger partial charge in [0.05, 0.1) is 12.1 Å². The summed E-state index contributed by atoms with van der Waals surface area (Å²) in [5.74, 6) is 0.413. The minimum absolute atomic E-state index is 0.0972. The molecule has 1 atom stereocenters. The zero-order chi connectivity index (χ0) is 12.6. The first-order valence-electron chi connectivity index (χ1n) is 7.33. The Morgan fingerprint density at radius 3 is 2.50 bits per heavy atom. The predicted octanol–water partition coefficient (Wildman–Crippen LogP) is 0.797. The molecule has 0 aromatic heterocycles. The maximum Gasteiger partial charge on any atom is 0.224 e. The van der Waals surface area contributed by atoms with Crippen LogP contribution >= 0.6 is 0 Å². The summed E-state index contributed by atoms with van der Waals surface area (Å²) in [6.07, 6.45) is 7.46. The van der Waals surface area contributed by atoms with Crippen LogP contribution in [0.3, 0.4) is 0 Å². The molecule has 1 saturated heterocycles. The largest absolute Gasteiger partial charge is 0.394 e. The van der Waals surface area contributed by atoms with Crippen molar-refractivity contribution in [2.75, 3.05) is 19.7 Å². The van der Waals surface area contributed by atoms with Gasteiger partial charge in [0.1, 0.15) is 0 Å². The fourth-order valence-electron chi connectivity index (χ4n) is 3.92. The van der Waals surface area contributed by atoms with Crippen molar-refractivity contribution in [3.05, 3.63) is 0 Å². The highest BCUT2D eigenvalue weighted by atomic mass is 16.3. The molecule has 2 saturated carbocycles. The minimum atomic E-state index is -0.298. The Balaban J connectivity index is 1.59. The van der Waals surface area contributed by atoms with E-state index in [1.54, 1.807) is 0 Å². The quantitative estimate of drug-likeness (QED) is 0.696. The van der Waals surface area contributed by atoms with Crippen molar-refractivity contribution in [1.82, 2.24) is 10.6 Å². The highest BCUT2D eigenvalue weighted by Gasteiger charge is 2.58. The number of piperidine rings is 1. The summed E-state index contributed by atoms with van der Waals surface area (Å²) in [4.78, 5) is 12.4. The third kappa shape index (κ3) is 2.05. The Hall–Kier alpha value is -0.610. The summed E-state index contributed by atoms with van der Waals surface area (Å²) in [6.45, 7) is 2.20. The molecule has 3 N–H and O–H groups in total. The van der Waals surface area contributed by atoms with Gasteiger partial charge in [0, 0.05) is 5.92 Å². The second-order valence-electron chi connectivity index (χ2n) is 6.50. The van der Waals surface area contributed by atoms with Gasteiger partial charge in [-0.1, -0.05) is 12.8 Å². The number of amides is 1. The number of carbonyl (C=O) groups excluding carboxylic acids is 1. The fraction of sp³-hybridized carbons (Fsp3) is 0.929. The normalized spacial score (nSPS) is 32.4. The van der Waals surface area contributed by atoms with Crippen LogP contribution in [0.25, 0.3) is 0 Å². The molecule has 2 aliphatic carbocycles. The van der Waals surface area contributed by atoms with E-state index < -0.39 is 0 Å². The summed E-state index contributed by atoms with van der Waals surface area (Å²) in [6, 6.07) is 0. The van der Waals surface area contributed by atoms with Crippen molar-refractivity contribution in [2.45, 2.75) is 50.5 Å².